The van der Waals surface area contributed by atoms with Crippen molar-refractivity contribution in [2.45, 2.75) is 38.5 Å². The normalized spacial score (nSPS) is 25.0. The van der Waals surface area contributed by atoms with Crippen molar-refractivity contribution >= 4 is 22.9 Å². The standard InChI is InChI=1S/C13H21ClN2OS/c1-3-10(15)13(11-4-5-12(14)18-11)16-6-7-17-9(2)8-16/h4-5,9-10,13H,3,6-8,15H2,1-2H3. The Bertz CT molecular complexity index is 385. The largest absolute Gasteiger partial charge is 0.376 e. The highest BCUT2D eigenvalue weighted by molar-refractivity contribution is 7.16. The van der Waals surface area contributed by atoms with Gasteiger partial charge in [-0.2, -0.15) is 0 Å². The molecule has 3 atom stereocenters. The number of morpholine rings is 1. The van der Waals surface area contributed by atoms with E-state index < -0.39 is 0 Å². The first-order valence-corrected chi connectivity index (χ1v) is 7.67. The molecule has 0 amide bonds. The minimum Gasteiger partial charge on any atom is -0.376 e. The number of nitrogens with zero attached hydrogens (tertiary/aromatic N) is 1. The van der Waals surface area contributed by atoms with Gasteiger partial charge < -0.3 is 10.5 Å². The van der Waals surface area contributed by atoms with Gasteiger partial charge in [0.15, 0.2) is 0 Å². The molecule has 1 fully saturated rings. The zero-order chi connectivity index (χ0) is 13.1. The van der Waals surface area contributed by atoms with Crippen LogP contribution < -0.4 is 5.73 Å². The molecule has 3 nitrogen and oxygen atoms in total. The summed E-state index contributed by atoms with van der Waals surface area (Å²) < 4.78 is 6.44. The molecule has 5 heteroatoms. The second kappa shape index (κ2) is 6.35. The van der Waals surface area contributed by atoms with Crippen LogP contribution >= 0.6 is 22.9 Å². The maximum Gasteiger partial charge on any atom is 0.0931 e. The first-order chi connectivity index (χ1) is 8.61. The van der Waals surface area contributed by atoms with Crippen LogP contribution in [0.25, 0.3) is 0 Å². The molecule has 0 radical (unpaired) electrons. The Morgan fingerprint density at radius 2 is 2.39 bits per heavy atom. The maximum atomic E-state index is 6.32. The summed E-state index contributed by atoms with van der Waals surface area (Å²) in [5.74, 6) is 0. The summed E-state index contributed by atoms with van der Waals surface area (Å²) >= 11 is 7.69. The first kappa shape index (κ1) is 14.3. The van der Waals surface area contributed by atoms with Crippen LogP contribution in [0.15, 0.2) is 12.1 Å². The fourth-order valence-electron chi connectivity index (χ4n) is 2.47. The smallest absolute Gasteiger partial charge is 0.0931 e. The van der Waals surface area contributed by atoms with Crippen molar-refractivity contribution in [3.8, 4) is 0 Å². The SMILES string of the molecule is CCC(N)C(c1ccc(Cl)s1)N1CCOC(C)C1. The lowest BCUT2D eigenvalue weighted by molar-refractivity contribution is -0.0381. The fourth-order valence-corrected chi connectivity index (χ4v) is 3.74. The van der Waals surface area contributed by atoms with E-state index in [1.807, 2.05) is 6.07 Å². The lowest BCUT2D eigenvalue weighted by Crippen LogP contribution is -2.48. The van der Waals surface area contributed by atoms with Crippen LogP contribution in [0.1, 0.15) is 31.2 Å². The topological polar surface area (TPSA) is 38.5 Å². The Balaban J connectivity index is 2.19. The molecule has 1 aliphatic rings. The lowest BCUT2D eigenvalue weighted by Gasteiger charge is -2.39. The molecule has 0 bridgehead atoms. The van der Waals surface area contributed by atoms with E-state index in [-0.39, 0.29) is 18.2 Å². The summed E-state index contributed by atoms with van der Waals surface area (Å²) in [6.45, 7) is 6.91. The highest BCUT2D eigenvalue weighted by Gasteiger charge is 2.30. The minimum absolute atomic E-state index is 0.144. The van der Waals surface area contributed by atoms with Gasteiger partial charge >= 0.3 is 0 Å². The number of halogens is 1. The van der Waals surface area contributed by atoms with E-state index in [1.54, 1.807) is 11.3 Å². The molecule has 18 heavy (non-hydrogen) atoms. The second-order valence-corrected chi connectivity index (χ2v) is 6.58. The van der Waals surface area contributed by atoms with Crippen LogP contribution in [-0.4, -0.2) is 36.7 Å². The Morgan fingerprint density at radius 3 is 2.94 bits per heavy atom. The summed E-state index contributed by atoms with van der Waals surface area (Å²) in [4.78, 5) is 3.70. The van der Waals surface area contributed by atoms with Crippen molar-refractivity contribution in [2.24, 2.45) is 5.73 Å². The average Bonchev–Trinajstić information content (AvgIpc) is 2.76. The van der Waals surface area contributed by atoms with Crippen molar-refractivity contribution in [3.05, 3.63) is 21.3 Å². The molecular formula is C13H21ClN2OS. The molecule has 0 aliphatic carbocycles. The van der Waals surface area contributed by atoms with Crippen LogP contribution in [0, 0.1) is 0 Å². The van der Waals surface area contributed by atoms with Crippen molar-refractivity contribution in [1.29, 1.82) is 0 Å². The summed E-state index contributed by atoms with van der Waals surface area (Å²) in [7, 11) is 0. The third-order valence-electron chi connectivity index (χ3n) is 3.43. The highest BCUT2D eigenvalue weighted by Crippen LogP contribution is 2.33. The second-order valence-electron chi connectivity index (χ2n) is 4.84. The van der Waals surface area contributed by atoms with Gasteiger partial charge in [-0.15, -0.1) is 11.3 Å². The van der Waals surface area contributed by atoms with Crippen LogP contribution in [-0.2, 0) is 4.74 Å². The van der Waals surface area contributed by atoms with Crippen molar-refractivity contribution in [3.63, 3.8) is 0 Å². The quantitative estimate of drug-likeness (QED) is 0.926. The van der Waals surface area contributed by atoms with Gasteiger partial charge in [0.2, 0.25) is 0 Å². The third kappa shape index (κ3) is 3.25. The molecule has 1 aliphatic heterocycles. The molecule has 2 rings (SSSR count). The number of nitrogens with two attached hydrogens (primary N) is 1. The van der Waals surface area contributed by atoms with Gasteiger partial charge in [-0.25, -0.2) is 0 Å². The molecule has 102 valence electrons. The lowest BCUT2D eigenvalue weighted by atomic mass is 10.0. The van der Waals surface area contributed by atoms with E-state index in [1.165, 1.54) is 4.88 Å². The van der Waals surface area contributed by atoms with Crippen LogP contribution in [0.2, 0.25) is 4.34 Å². The third-order valence-corrected chi connectivity index (χ3v) is 4.73. The van der Waals surface area contributed by atoms with Gasteiger partial charge in [-0.05, 0) is 25.5 Å². The Hall–Kier alpha value is -0.130. The Labute approximate surface area is 118 Å². The van der Waals surface area contributed by atoms with Crippen molar-refractivity contribution in [2.75, 3.05) is 19.7 Å². The molecule has 1 aromatic rings. The van der Waals surface area contributed by atoms with Gasteiger partial charge in [-0.1, -0.05) is 18.5 Å². The van der Waals surface area contributed by atoms with E-state index in [4.69, 9.17) is 22.1 Å². The summed E-state index contributed by atoms with van der Waals surface area (Å²) in [6.07, 6.45) is 1.24. The zero-order valence-corrected chi connectivity index (χ0v) is 12.5. The van der Waals surface area contributed by atoms with E-state index in [0.29, 0.717) is 0 Å². The number of hydrogen-bond donors (Lipinski definition) is 1. The molecule has 0 spiro atoms. The molecule has 3 unspecified atom stereocenters. The molecule has 2 heterocycles. The van der Waals surface area contributed by atoms with Gasteiger partial charge in [-0.3, -0.25) is 4.90 Å². The van der Waals surface area contributed by atoms with Crippen molar-refractivity contribution < 1.29 is 4.74 Å². The fraction of sp³-hybridized carbons (Fsp3) is 0.692. The van der Waals surface area contributed by atoms with Crippen LogP contribution in [0.4, 0.5) is 0 Å². The Kier molecular flexibility index (Phi) is 5.04. The van der Waals surface area contributed by atoms with Gasteiger partial charge in [0.05, 0.1) is 23.1 Å². The number of rotatable bonds is 4. The van der Waals surface area contributed by atoms with Crippen LogP contribution in [0.5, 0.6) is 0 Å². The number of hydrogen-bond acceptors (Lipinski definition) is 4. The molecular weight excluding hydrogens is 268 g/mol. The average molecular weight is 289 g/mol. The van der Waals surface area contributed by atoms with Crippen molar-refractivity contribution in [1.82, 2.24) is 4.90 Å². The van der Waals surface area contributed by atoms with Gasteiger partial charge in [0.1, 0.15) is 0 Å². The summed E-state index contributed by atoms with van der Waals surface area (Å²) in [5, 5.41) is 0. The summed E-state index contributed by atoms with van der Waals surface area (Å²) in [6, 6.07) is 4.47. The summed E-state index contributed by atoms with van der Waals surface area (Å²) in [5.41, 5.74) is 6.32. The minimum atomic E-state index is 0.144. The van der Waals surface area contributed by atoms with Gasteiger partial charge in [0.25, 0.3) is 0 Å². The predicted molar refractivity (Wildman–Crippen MR) is 77.3 cm³/mol. The van der Waals surface area contributed by atoms with Gasteiger partial charge in [0, 0.05) is 24.0 Å². The van der Waals surface area contributed by atoms with E-state index in [9.17, 15) is 0 Å². The predicted octanol–water partition coefficient (Wildman–Crippen LogP) is 2.90. The molecule has 1 saturated heterocycles. The molecule has 1 aromatic heterocycles. The number of thiophene rings is 1. The monoisotopic (exact) mass is 288 g/mol. The highest BCUT2D eigenvalue weighted by atomic mass is 35.5. The maximum absolute atomic E-state index is 6.32. The van der Waals surface area contributed by atoms with E-state index in [2.05, 4.69) is 24.8 Å². The molecule has 0 saturated carbocycles. The van der Waals surface area contributed by atoms with E-state index >= 15 is 0 Å². The number of ether oxygens (including phenoxy) is 1. The molecule has 0 aromatic carbocycles. The van der Waals surface area contributed by atoms with Crippen LogP contribution in [0.3, 0.4) is 0 Å². The molecule has 2 N–H and O–H groups in total. The zero-order valence-electron chi connectivity index (χ0n) is 10.9. The Morgan fingerprint density at radius 1 is 1.61 bits per heavy atom. The first-order valence-electron chi connectivity index (χ1n) is 6.48. The van der Waals surface area contributed by atoms with E-state index in [0.717, 1.165) is 30.5 Å².